The largest absolute Gasteiger partial charge is 0.456 e. The molecule has 0 aliphatic carbocycles. The molecule has 2 aromatic rings. The van der Waals surface area contributed by atoms with Crippen molar-refractivity contribution in [3.05, 3.63) is 70.7 Å². The SMILES string of the molecule is C=CCC1C(=O)c2cc(Br)ccc2Oc2ccccc21. The molecular formula is C17H13BrO2. The number of para-hydroxylation sites is 1. The maximum absolute atomic E-state index is 12.8. The minimum atomic E-state index is -0.237. The lowest BCUT2D eigenvalue weighted by Gasteiger charge is -2.13. The van der Waals surface area contributed by atoms with Gasteiger partial charge in [-0.05, 0) is 30.7 Å². The molecule has 100 valence electrons. The summed E-state index contributed by atoms with van der Waals surface area (Å²) in [5, 5.41) is 0. The van der Waals surface area contributed by atoms with E-state index in [1.165, 1.54) is 0 Å². The van der Waals surface area contributed by atoms with Crippen LogP contribution in [0, 0.1) is 0 Å². The number of allylic oxidation sites excluding steroid dienone is 1. The Morgan fingerprint density at radius 3 is 2.80 bits per heavy atom. The molecule has 1 aliphatic rings. The maximum Gasteiger partial charge on any atom is 0.174 e. The van der Waals surface area contributed by atoms with Gasteiger partial charge in [0.25, 0.3) is 0 Å². The number of ether oxygens (including phenoxy) is 1. The average molecular weight is 329 g/mol. The van der Waals surface area contributed by atoms with Gasteiger partial charge >= 0.3 is 0 Å². The fraction of sp³-hybridized carbons (Fsp3) is 0.118. The summed E-state index contributed by atoms with van der Waals surface area (Å²) in [6, 6.07) is 13.2. The molecule has 20 heavy (non-hydrogen) atoms. The van der Waals surface area contributed by atoms with Crippen LogP contribution in [0.2, 0.25) is 0 Å². The first kappa shape index (κ1) is 13.1. The average Bonchev–Trinajstić information content (AvgIpc) is 2.57. The summed E-state index contributed by atoms with van der Waals surface area (Å²) in [6.45, 7) is 3.76. The lowest BCUT2D eigenvalue weighted by atomic mass is 9.88. The van der Waals surface area contributed by atoms with Gasteiger partial charge in [-0.2, -0.15) is 0 Å². The number of rotatable bonds is 2. The Bertz CT molecular complexity index is 691. The molecule has 0 amide bonds. The topological polar surface area (TPSA) is 26.3 Å². The summed E-state index contributed by atoms with van der Waals surface area (Å²) >= 11 is 3.41. The molecule has 0 saturated carbocycles. The van der Waals surface area contributed by atoms with E-state index in [0.717, 1.165) is 15.8 Å². The number of ketones is 1. The highest BCUT2D eigenvalue weighted by Gasteiger charge is 2.30. The third-order valence-electron chi connectivity index (χ3n) is 3.44. The minimum Gasteiger partial charge on any atom is -0.456 e. The van der Waals surface area contributed by atoms with Gasteiger partial charge in [-0.25, -0.2) is 0 Å². The molecule has 3 rings (SSSR count). The Morgan fingerprint density at radius 1 is 1.20 bits per heavy atom. The van der Waals surface area contributed by atoms with E-state index in [2.05, 4.69) is 22.5 Å². The molecule has 0 N–H and O–H groups in total. The summed E-state index contributed by atoms with van der Waals surface area (Å²) in [5.41, 5.74) is 1.53. The van der Waals surface area contributed by atoms with Crippen molar-refractivity contribution in [2.24, 2.45) is 0 Å². The maximum atomic E-state index is 12.8. The number of hydrogen-bond acceptors (Lipinski definition) is 2. The van der Waals surface area contributed by atoms with E-state index in [1.54, 1.807) is 6.08 Å². The van der Waals surface area contributed by atoms with Gasteiger partial charge in [-0.15, -0.1) is 6.58 Å². The normalized spacial score (nSPS) is 16.6. The summed E-state index contributed by atoms with van der Waals surface area (Å²) in [5.74, 6) is 1.19. The van der Waals surface area contributed by atoms with Crippen LogP contribution in [0.5, 0.6) is 11.5 Å². The number of halogens is 1. The summed E-state index contributed by atoms with van der Waals surface area (Å²) in [7, 11) is 0. The van der Waals surface area contributed by atoms with E-state index in [4.69, 9.17) is 4.74 Å². The fourth-order valence-electron chi connectivity index (χ4n) is 2.49. The molecule has 3 heteroatoms. The van der Waals surface area contributed by atoms with Crippen molar-refractivity contribution in [3.8, 4) is 11.5 Å². The molecule has 1 unspecified atom stereocenters. The molecule has 0 bridgehead atoms. The highest BCUT2D eigenvalue weighted by Crippen LogP contribution is 2.41. The first-order valence-corrected chi connectivity index (χ1v) is 7.21. The molecule has 2 aromatic carbocycles. The number of benzene rings is 2. The Balaban J connectivity index is 2.21. The quantitative estimate of drug-likeness (QED) is 0.717. The second kappa shape index (κ2) is 5.25. The van der Waals surface area contributed by atoms with Gasteiger partial charge < -0.3 is 4.74 Å². The van der Waals surface area contributed by atoms with Crippen LogP contribution in [0.4, 0.5) is 0 Å². The smallest absolute Gasteiger partial charge is 0.174 e. The fourth-order valence-corrected chi connectivity index (χ4v) is 2.85. The van der Waals surface area contributed by atoms with Crippen LogP contribution < -0.4 is 4.74 Å². The predicted molar refractivity (Wildman–Crippen MR) is 82.5 cm³/mol. The highest BCUT2D eigenvalue weighted by atomic mass is 79.9. The number of carbonyl (C=O) groups excluding carboxylic acids is 1. The number of carbonyl (C=O) groups is 1. The van der Waals surface area contributed by atoms with Crippen LogP contribution in [-0.2, 0) is 0 Å². The summed E-state index contributed by atoms with van der Waals surface area (Å²) in [6.07, 6.45) is 2.38. The molecule has 0 aromatic heterocycles. The van der Waals surface area contributed by atoms with E-state index in [9.17, 15) is 4.79 Å². The minimum absolute atomic E-state index is 0.0751. The zero-order chi connectivity index (χ0) is 14.1. The van der Waals surface area contributed by atoms with E-state index in [0.29, 0.717) is 17.7 Å². The van der Waals surface area contributed by atoms with Gasteiger partial charge in [0, 0.05) is 10.0 Å². The molecule has 1 heterocycles. The molecular weight excluding hydrogens is 316 g/mol. The van der Waals surface area contributed by atoms with E-state index in [1.807, 2.05) is 42.5 Å². The van der Waals surface area contributed by atoms with Crippen molar-refractivity contribution in [2.75, 3.05) is 0 Å². The highest BCUT2D eigenvalue weighted by molar-refractivity contribution is 9.10. The Labute approximate surface area is 126 Å². The van der Waals surface area contributed by atoms with E-state index >= 15 is 0 Å². The van der Waals surface area contributed by atoms with Crippen molar-refractivity contribution < 1.29 is 9.53 Å². The molecule has 0 saturated heterocycles. The summed E-state index contributed by atoms with van der Waals surface area (Å²) < 4.78 is 6.80. The Morgan fingerprint density at radius 2 is 2.00 bits per heavy atom. The lowest BCUT2D eigenvalue weighted by molar-refractivity contribution is 0.0961. The molecule has 1 atom stereocenters. The first-order chi connectivity index (χ1) is 9.70. The standard InChI is InChI=1S/C17H13BrO2/c1-2-5-13-12-6-3-4-7-15(12)20-16-9-8-11(18)10-14(16)17(13)19/h2-4,6-10,13H,1,5H2. The van der Waals surface area contributed by atoms with Crippen LogP contribution in [-0.4, -0.2) is 5.78 Å². The number of hydrogen-bond donors (Lipinski definition) is 0. The third kappa shape index (κ3) is 2.18. The van der Waals surface area contributed by atoms with Gasteiger partial charge in [-0.1, -0.05) is 40.2 Å². The van der Waals surface area contributed by atoms with Gasteiger partial charge in [0.05, 0.1) is 11.5 Å². The zero-order valence-electron chi connectivity index (χ0n) is 10.8. The number of Topliss-reactive ketones (excluding diaryl/α,β-unsaturated/α-hetero) is 1. The molecule has 0 spiro atoms. The van der Waals surface area contributed by atoms with E-state index in [-0.39, 0.29) is 11.7 Å². The van der Waals surface area contributed by atoms with Gasteiger partial charge in [0.1, 0.15) is 11.5 Å². The van der Waals surface area contributed by atoms with Crippen LogP contribution in [0.25, 0.3) is 0 Å². The second-order valence-corrected chi connectivity index (χ2v) is 5.64. The first-order valence-electron chi connectivity index (χ1n) is 6.42. The van der Waals surface area contributed by atoms with Gasteiger partial charge in [0.2, 0.25) is 0 Å². The number of fused-ring (bicyclic) bond motifs is 2. The molecule has 2 nitrogen and oxygen atoms in total. The van der Waals surface area contributed by atoms with Crippen LogP contribution in [0.3, 0.4) is 0 Å². The third-order valence-corrected chi connectivity index (χ3v) is 3.93. The van der Waals surface area contributed by atoms with Crippen molar-refractivity contribution in [2.45, 2.75) is 12.3 Å². The van der Waals surface area contributed by atoms with Crippen molar-refractivity contribution in [1.29, 1.82) is 0 Å². The van der Waals surface area contributed by atoms with Crippen molar-refractivity contribution in [1.82, 2.24) is 0 Å². The Hall–Kier alpha value is -1.87. The second-order valence-electron chi connectivity index (χ2n) is 4.72. The van der Waals surface area contributed by atoms with Crippen LogP contribution >= 0.6 is 15.9 Å². The Kier molecular flexibility index (Phi) is 3.45. The monoisotopic (exact) mass is 328 g/mol. The van der Waals surface area contributed by atoms with Crippen molar-refractivity contribution in [3.63, 3.8) is 0 Å². The summed E-state index contributed by atoms with van der Waals surface area (Å²) in [4.78, 5) is 12.8. The van der Waals surface area contributed by atoms with Gasteiger partial charge in [0.15, 0.2) is 5.78 Å². The molecule has 1 aliphatic heterocycles. The van der Waals surface area contributed by atoms with Gasteiger partial charge in [-0.3, -0.25) is 4.79 Å². The van der Waals surface area contributed by atoms with Crippen LogP contribution in [0.15, 0.2) is 59.6 Å². The zero-order valence-corrected chi connectivity index (χ0v) is 12.4. The molecule has 0 radical (unpaired) electrons. The van der Waals surface area contributed by atoms with Crippen molar-refractivity contribution >= 4 is 21.7 Å². The van der Waals surface area contributed by atoms with E-state index < -0.39 is 0 Å². The van der Waals surface area contributed by atoms with Crippen LogP contribution in [0.1, 0.15) is 28.3 Å². The lowest BCUT2D eigenvalue weighted by Crippen LogP contribution is -2.11. The predicted octanol–water partition coefficient (Wildman–Crippen LogP) is 5.10. The molecule has 0 fully saturated rings.